The lowest BCUT2D eigenvalue weighted by Crippen LogP contribution is -2.52. The Morgan fingerprint density at radius 2 is 2.00 bits per heavy atom. The number of aromatic nitrogens is 1. The monoisotopic (exact) mass is 268 g/mol. The van der Waals surface area contributed by atoms with E-state index in [4.69, 9.17) is 4.74 Å². The van der Waals surface area contributed by atoms with Gasteiger partial charge in [0.05, 0.1) is 12.2 Å². The highest BCUT2D eigenvalue weighted by atomic mass is 16.5. The van der Waals surface area contributed by atoms with Gasteiger partial charge in [-0.15, -0.1) is 0 Å². The largest absolute Gasteiger partial charge is 0.476 e. The molecule has 2 heterocycles. The molecule has 1 amide bonds. The van der Waals surface area contributed by atoms with E-state index in [9.17, 15) is 4.79 Å². The Balaban J connectivity index is 2.02. The number of pyridine rings is 1. The van der Waals surface area contributed by atoms with Gasteiger partial charge in [-0.3, -0.25) is 9.78 Å². The molecule has 20 heavy (non-hydrogen) atoms. The molecule has 0 atom stereocenters. The summed E-state index contributed by atoms with van der Waals surface area (Å²) >= 11 is 0. The summed E-state index contributed by atoms with van der Waals surface area (Å²) in [5.74, 6) is 0.695. The number of anilines is 1. The van der Waals surface area contributed by atoms with Crippen molar-refractivity contribution >= 4 is 11.6 Å². The van der Waals surface area contributed by atoms with E-state index in [0.29, 0.717) is 6.54 Å². The fraction of sp³-hybridized carbons (Fsp3) is 0.250. The molecule has 4 nitrogen and oxygen atoms in total. The molecule has 4 heteroatoms. The molecule has 2 aromatic rings. The number of carbonyl (C=O) groups is 1. The molecule has 0 aliphatic carbocycles. The maximum atomic E-state index is 12.6. The van der Waals surface area contributed by atoms with Gasteiger partial charge in [0.15, 0.2) is 5.60 Å². The Bertz CT molecular complexity index is 638. The molecule has 0 unspecified atom stereocenters. The van der Waals surface area contributed by atoms with Gasteiger partial charge in [-0.25, -0.2) is 0 Å². The summed E-state index contributed by atoms with van der Waals surface area (Å²) in [7, 11) is 0. The molecule has 1 aromatic carbocycles. The van der Waals surface area contributed by atoms with Crippen LogP contribution < -0.4 is 9.64 Å². The van der Waals surface area contributed by atoms with Crippen molar-refractivity contribution in [3.63, 3.8) is 0 Å². The van der Waals surface area contributed by atoms with Crippen molar-refractivity contribution in [3.8, 4) is 5.75 Å². The lowest BCUT2D eigenvalue weighted by Gasteiger charge is -2.38. The smallest absolute Gasteiger partial charge is 0.271 e. The Kier molecular flexibility index (Phi) is 2.93. The van der Waals surface area contributed by atoms with Crippen LogP contribution in [0.4, 0.5) is 5.69 Å². The minimum atomic E-state index is -0.851. The van der Waals surface area contributed by atoms with Gasteiger partial charge in [-0.2, -0.15) is 0 Å². The minimum Gasteiger partial charge on any atom is -0.476 e. The van der Waals surface area contributed by atoms with E-state index in [1.54, 1.807) is 31.1 Å². The quantitative estimate of drug-likeness (QED) is 0.841. The summed E-state index contributed by atoms with van der Waals surface area (Å²) in [6.45, 7) is 4.08. The van der Waals surface area contributed by atoms with Gasteiger partial charge >= 0.3 is 0 Å². The molecule has 1 aliphatic rings. The van der Waals surface area contributed by atoms with Crippen LogP contribution in [0.15, 0.2) is 48.8 Å². The molecule has 0 bridgehead atoms. The van der Waals surface area contributed by atoms with Crippen LogP contribution in [0, 0.1) is 0 Å². The first-order chi connectivity index (χ1) is 9.58. The number of carbonyl (C=O) groups excluding carboxylic acids is 1. The van der Waals surface area contributed by atoms with E-state index < -0.39 is 5.60 Å². The zero-order chi connectivity index (χ0) is 14.2. The predicted octanol–water partition coefficient (Wildman–Crippen LogP) is 2.79. The first-order valence-corrected chi connectivity index (χ1v) is 6.57. The van der Waals surface area contributed by atoms with Gasteiger partial charge in [-0.05, 0) is 37.6 Å². The van der Waals surface area contributed by atoms with Crippen molar-refractivity contribution in [1.82, 2.24) is 4.98 Å². The number of amides is 1. The summed E-state index contributed by atoms with van der Waals surface area (Å²) in [4.78, 5) is 18.5. The Morgan fingerprint density at radius 1 is 1.20 bits per heavy atom. The Labute approximate surface area is 118 Å². The number of para-hydroxylation sites is 2. The summed E-state index contributed by atoms with van der Waals surface area (Å²) in [6.07, 6.45) is 3.50. The van der Waals surface area contributed by atoms with Crippen molar-refractivity contribution in [2.45, 2.75) is 26.0 Å². The van der Waals surface area contributed by atoms with Crippen LogP contribution in [0.25, 0.3) is 0 Å². The topological polar surface area (TPSA) is 42.4 Å². The minimum absolute atomic E-state index is 0.0416. The van der Waals surface area contributed by atoms with Gasteiger partial charge in [0, 0.05) is 12.4 Å². The van der Waals surface area contributed by atoms with Crippen LogP contribution in [-0.4, -0.2) is 16.5 Å². The first-order valence-electron chi connectivity index (χ1n) is 6.57. The molecular weight excluding hydrogens is 252 g/mol. The third kappa shape index (κ3) is 2.13. The van der Waals surface area contributed by atoms with Crippen LogP contribution >= 0.6 is 0 Å². The van der Waals surface area contributed by atoms with Gasteiger partial charge in [0.25, 0.3) is 5.91 Å². The molecule has 1 aromatic heterocycles. The van der Waals surface area contributed by atoms with Crippen molar-refractivity contribution in [3.05, 3.63) is 54.4 Å². The van der Waals surface area contributed by atoms with Crippen LogP contribution in [0.1, 0.15) is 19.4 Å². The second-order valence-electron chi connectivity index (χ2n) is 5.33. The zero-order valence-electron chi connectivity index (χ0n) is 11.5. The van der Waals surface area contributed by atoms with Crippen LogP contribution in [0.5, 0.6) is 5.75 Å². The summed E-state index contributed by atoms with van der Waals surface area (Å²) in [5, 5.41) is 0. The number of benzene rings is 1. The average Bonchev–Trinajstić information content (AvgIpc) is 2.44. The number of ether oxygens (including phenoxy) is 1. The molecule has 0 radical (unpaired) electrons. The van der Waals surface area contributed by atoms with Gasteiger partial charge < -0.3 is 9.64 Å². The van der Waals surface area contributed by atoms with E-state index in [1.807, 2.05) is 36.4 Å². The van der Waals surface area contributed by atoms with Gasteiger partial charge in [0.1, 0.15) is 5.75 Å². The fourth-order valence-corrected chi connectivity index (χ4v) is 2.35. The van der Waals surface area contributed by atoms with Crippen LogP contribution in [-0.2, 0) is 11.3 Å². The van der Waals surface area contributed by atoms with Gasteiger partial charge in [-0.1, -0.05) is 18.2 Å². The van der Waals surface area contributed by atoms with Crippen LogP contribution in [0.3, 0.4) is 0 Å². The van der Waals surface area contributed by atoms with Crippen LogP contribution in [0.2, 0.25) is 0 Å². The number of fused-ring (bicyclic) bond motifs is 1. The summed E-state index contributed by atoms with van der Waals surface area (Å²) in [5.41, 5.74) is 0.949. The standard InChI is InChI=1S/C16H16N2O2/c1-16(2)15(19)18(11-12-6-5-9-17-10-12)13-7-3-4-8-14(13)20-16/h3-10H,11H2,1-2H3. The third-order valence-corrected chi connectivity index (χ3v) is 3.34. The number of nitrogens with zero attached hydrogens (tertiary/aromatic N) is 2. The average molecular weight is 268 g/mol. The highest BCUT2D eigenvalue weighted by Gasteiger charge is 2.40. The number of hydrogen-bond acceptors (Lipinski definition) is 3. The highest BCUT2D eigenvalue weighted by molar-refractivity contribution is 6.02. The third-order valence-electron chi connectivity index (χ3n) is 3.34. The normalized spacial score (nSPS) is 16.5. The van der Waals surface area contributed by atoms with Crippen molar-refractivity contribution in [2.75, 3.05) is 4.90 Å². The first kappa shape index (κ1) is 12.7. The predicted molar refractivity (Wildman–Crippen MR) is 76.6 cm³/mol. The summed E-state index contributed by atoms with van der Waals surface area (Å²) < 4.78 is 5.79. The molecule has 0 N–H and O–H groups in total. The molecule has 0 fully saturated rings. The van der Waals surface area contributed by atoms with Crippen molar-refractivity contribution < 1.29 is 9.53 Å². The Hall–Kier alpha value is -2.36. The highest BCUT2D eigenvalue weighted by Crippen LogP contribution is 2.38. The second-order valence-corrected chi connectivity index (χ2v) is 5.33. The lowest BCUT2D eigenvalue weighted by atomic mass is 10.0. The van der Waals surface area contributed by atoms with Gasteiger partial charge in [0.2, 0.25) is 0 Å². The fourth-order valence-electron chi connectivity index (χ4n) is 2.35. The molecule has 0 spiro atoms. The van der Waals surface area contributed by atoms with E-state index in [0.717, 1.165) is 17.0 Å². The molecule has 3 rings (SSSR count). The molecular formula is C16H16N2O2. The molecule has 1 aliphatic heterocycles. The lowest BCUT2D eigenvalue weighted by molar-refractivity contribution is -0.132. The summed E-state index contributed by atoms with van der Waals surface area (Å²) in [6, 6.07) is 11.4. The number of rotatable bonds is 2. The van der Waals surface area contributed by atoms with E-state index in [-0.39, 0.29) is 5.91 Å². The molecule has 0 saturated heterocycles. The van der Waals surface area contributed by atoms with E-state index >= 15 is 0 Å². The Morgan fingerprint density at radius 3 is 2.75 bits per heavy atom. The molecule has 0 saturated carbocycles. The SMILES string of the molecule is CC1(C)Oc2ccccc2N(Cc2cccnc2)C1=O. The second kappa shape index (κ2) is 4.63. The van der Waals surface area contributed by atoms with Crippen molar-refractivity contribution in [1.29, 1.82) is 0 Å². The molecule has 102 valence electrons. The van der Waals surface area contributed by atoms with Crippen molar-refractivity contribution in [2.24, 2.45) is 0 Å². The maximum Gasteiger partial charge on any atom is 0.271 e. The van der Waals surface area contributed by atoms with E-state index in [2.05, 4.69) is 4.98 Å². The van der Waals surface area contributed by atoms with E-state index in [1.165, 1.54) is 0 Å². The maximum absolute atomic E-state index is 12.6. The number of hydrogen-bond donors (Lipinski definition) is 0. The zero-order valence-corrected chi connectivity index (χ0v) is 11.5.